The Bertz CT molecular complexity index is 1410. The number of aromatic nitrogens is 2. The monoisotopic (exact) mass is 528 g/mol. The van der Waals surface area contributed by atoms with Crippen molar-refractivity contribution < 1.29 is 14.3 Å². The average Bonchev–Trinajstić information content (AvgIpc) is 3.35. The second-order valence-corrected chi connectivity index (χ2v) is 9.14. The Hall–Kier alpha value is -4.20. The van der Waals surface area contributed by atoms with Crippen LogP contribution in [0.2, 0.25) is 5.02 Å². The lowest BCUT2D eigenvalue weighted by atomic mass is 10.1. The molecule has 3 aromatic carbocycles. The number of carbonyl (C=O) groups excluding carboxylic acids is 2. The molecule has 38 heavy (non-hydrogen) atoms. The van der Waals surface area contributed by atoms with Gasteiger partial charge in [-0.15, -0.1) is 0 Å². The summed E-state index contributed by atoms with van der Waals surface area (Å²) >= 11 is 6.12. The van der Waals surface area contributed by atoms with E-state index in [1.165, 1.54) is 0 Å². The number of halogens is 1. The van der Waals surface area contributed by atoms with Crippen LogP contribution in [0, 0.1) is 6.92 Å². The molecule has 7 nitrogen and oxygen atoms in total. The highest BCUT2D eigenvalue weighted by atomic mass is 35.5. The Morgan fingerprint density at radius 1 is 1.00 bits per heavy atom. The number of ether oxygens (including phenoxy) is 1. The van der Waals surface area contributed by atoms with Crippen molar-refractivity contribution >= 4 is 29.5 Å². The highest BCUT2D eigenvalue weighted by Gasteiger charge is 2.18. The lowest BCUT2D eigenvalue weighted by Crippen LogP contribution is -2.35. The summed E-state index contributed by atoms with van der Waals surface area (Å²) in [7, 11) is 1.61. The fourth-order valence-electron chi connectivity index (χ4n) is 3.76. The Morgan fingerprint density at radius 2 is 1.71 bits per heavy atom. The third-order valence-electron chi connectivity index (χ3n) is 5.80. The van der Waals surface area contributed by atoms with Crippen LogP contribution in [0.15, 0.2) is 90.8 Å². The van der Waals surface area contributed by atoms with E-state index in [0.29, 0.717) is 41.4 Å². The number of nitrogens with one attached hydrogen (secondary N) is 2. The summed E-state index contributed by atoms with van der Waals surface area (Å²) in [6.07, 6.45) is 4.12. The normalized spacial score (nSPS) is 11.3. The third kappa shape index (κ3) is 6.97. The summed E-state index contributed by atoms with van der Waals surface area (Å²) in [5.74, 6) is -0.789. The molecule has 0 saturated heterocycles. The predicted octanol–water partition coefficient (Wildman–Crippen LogP) is 5.42. The van der Waals surface area contributed by atoms with E-state index in [9.17, 15) is 9.59 Å². The fourth-order valence-corrected chi connectivity index (χ4v) is 3.89. The van der Waals surface area contributed by atoms with Gasteiger partial charge in [-0.05, 0) is 55.8 Å². The molecule has 1 aromatic heterocycles. The van der Waals surface area contributed by atoms with Gasteiger partial charge in [0.05, 0.1) is 5.69 Å². The first-order chi connectivity index (χ1) is 18.4. The topological polar surface area (TPSA) is 85.2 Å². The minimum absolute atomic E-state index is 0.107. The highest BCUT2D eigenvalue weighted by Crippen LogP contribution is 2.27. The van der Waals surface area contributed by atoms with Crippen LogP contribution in [-0.2, 0) is 9.53 Å². The van der Waals surface area contributed by atoms with Crippen LogP contribution in [0.3, 0.4) is 0 Å². The van der Waals surface area contributed by atoms with Gasteiger partial charge < -0.3 is 15.4 Å². The summed E-state index contributed by atoms with van der Waals surface area (Å²) in [5, 5.41) is 11.1. The highest BCUT2D eigenvalue weighted by molar-refractivity contribution is 6.30. The van der Waals surface area contributed by atoms with Crippen molar-refractivity contribution in [3.05, 3.63) is 112 Å². The first kappa shape index (κ1) is 26.9. The number of benzene rings is 3. The van der Waals surface area contributed by atoms with E-state index in [2.05, 4.69) is 10.6 Å². The van der Waals surface area contributed by atoms with Gasteiger partial charge in [-0.3, -0.25) is 9.59 Å². The SMILES string of the molecule is COCCCNC(=O)/C(=C/c1cn(-c2ccccc2)nc1-c1ccc(Cl)cc1)NC(=O)c1ccc(C)cc1. The standard InChI is InChI=1S/C30H29ClN4O3/c1-21-9-11-23(12-10-21)29(36)33-27(30(37)32-17-6-18-38-2)19-24-20-35(26-7-4-3-5-8-26)34-28(24)22-13-15-25(31)16-14-22/h3-5,7-16,19-20H,6,17-18H2,1-2H3,(H,32,37)(H,33,36)/b27-19-. The predicted molar refractivity (Wildman–Crippen MR) is 150 cm³/mol. The molecule has 0 aliphatic heterocycles. The van der Waals surface area contributed by atoms with Crippen LogP contribution in [-0.4, -0.2) is 41.9 Å². The summed E-state index contributed by atoms with van der Waals surface area (Å²) < 4.78 is 6.82. The molecule has 0 bridgehead atoms. The van der Waals surface area contributed by atoms with Gasteiger partial charge >= 0.3 is 0 Å². The molecule has 4 aromatic rings. The number of aryl methyl sites for hydroxylation is 1. The van der Waals surface area contributed by atoms with Gasteiger partial charge in [-0.1, -0.05) is 59.6 Å². The van der Waals surface area contributed by atoms with Crippen LogP contribution in [0.1, 0.15) is 27.9 Å². The van der Waals surface area contributed by atoms with Gasteiger partial charge in [0.2, 0.25) is 0 Å². The third-order valence-corrected chi connectivity index (χ3v) is 6.05. The van der Waals surface area contributed by atoms with Crippen molar-refractivity contribution in [3.8, 4) is 16.9 Å². The smallest absolute Gasteiger partial charge is 0.267 e. The molecule has 194 valence electrons. The lowest BCUT2D eigenvalue weighted by Gasteiger charge is -2.11. The molecule has 2 N–H and O–H groups in total. The van der Waals surface area contributed by atoms with Gasteiger partial charge in [-0.2, -0.15) is 5.10 Å². The van der Waals surface area contributed by atoms with Crippen LogP contribution in [0.5, 0.6) is 0 Å². The number of para-hydroxylation sites is 1. The average molecular weight is 529 g/mol. The summed E-state index contributed by atoms with van der Waals surface area (Å²) in [5.41, 5.74) is 4.57. The Morgan fingerprint density at radius 3 is 2.39 bits per heavy atom. The van der Waals surface area contributed by atoms with E-state index < -0.39 is 5.91 Å². The molecule has 8 heteroatoms. The molecule has 0 radical (unpaired) electrons. The number of amides is 2. The van der Waals surface area contributed by atoms with Crippen molar-refractivity contribution in [1.29, 1.82) is 0 Å². The Kier molecular flexibility index (Phi) is 9.08. The second-order valence-electron chi connectivity index (χ2n) is 8.70. The molecule has 0 fully saturated rings. The number of nitrogens with zero attached hydrogens (tertiary/aromatic N) is 2. The van der Waals surface area contributed by atoms with Gasteiger partial charge in [-0.25, -0.2) is 4.68 Å². The fraction of sp³-hybridized carbons (Fsp3) is 0.167. The molecular formula is C30H29ClN4O3. The first-order valence-corrected chi connectivity index (χ1v) is 12.6. The van der Waals surface area contributed by atoms with Crippen LogP contribution < -0.4 is 10.6 Å². The van der Waals surface area contributed by atoms with E-state index in [1.807, 2.05) is 67.7 Å². The number of methoxy groups -OCH3 is 1. The molecular weight excluding hydrogens is 500 g/mol. The van der Waals surface area contributed by atoms with E-state index in [-0.39, 0.29) is 11.6 Å². The molecule has 0 saturated carbocycles. The zero-order chi connectivity index (χ0) is 26.9. The maximum Gasteiger partial charge on any atom is 0.267 e. The quantitative estimate of drug-likeness (QED) is 0.212. The Balaban J connectivity index is 1.74. The molecule has 0 aliphatic rings. The molecule has 0 spiro atoms. The molecule has 2 amide bonds. The first-order valence-electron chi connectivity index (χ1n) is 12.2. The molecule has 0 unspecified atom stereocenters. The Labute approximate surface area is 227 Å². The minimum Gasteiger partial charge on any atom is -0.385 e. The van der Waals surface area contributed by atoms with Gasteiger partial charge in [0.1, 0.15) is 11.4 Å². The maximum atomic E-state index is 13.2. The molecule has 0 atom stereocenters. The summed E-state index contributed by atoms with van der Waals surface area (Å²) in [4.78, 5) is 26.3. The van der Waals surface area contributed by atoms with Crippen molar-refractivity contribution in [1.82, 2.24) is 20.4 Å². The number of hydrogen-bond acceptors (Lipinski definition) is 4. The zero-order valence-electron chi connectivity index (χ0n) is 21.3. The number of carbonyl (C=O) groups is 2. The molecule has 4 rings (SSSR count). The van der Waals surface area contributed by atoms with Gasteiger partial charge in [0, 0.05) is 48.2 Å². The number of hydrogen-bond donors (Lipinski definition) is 2. The summed E-state index contributed by atoms with van der Waals surface area (Å²) in [6, 6.07) is 24.1. The minimum atomic E-state index is -0.406. The molecule has 1 heterocycles. The van der Waals surface area contributed by atoms with E-state index in [1.54, 1.807) is 42.1 Å². The van der Waals surface area contributed by atoms with Crippen LogP contribution >= 0.6 is 11.6 Å². The molecule has 0 aliphatic carbocycles. The van der Waals surface area contributed by atoms with Gasteiger partial charge in [0.15, 0.2) is 0 Å². The second kappa shape index (κ2) is 12.9. The van der Waals surface area contributed by atoms with Crippen LogP contribution in [0.4, 0.5) is 0 Å². The van der Waals surface area contributed by atoms with Crippen molar-refractivity contribution in [3.63, 3.8) is 0 Å². The van der Waals surface area contributed by atoms with Crippen LogP contribution in [0.25, 0.3) is 23.0 Å². The van der Waals surface area contributed by atoms with E-state index in [4.69, 9.17) is 21.4 Å². The largest absolute Gasteiger partial charge is 0.385 e. The maximum absolute atomic E-state index is 13.2. The van der Waals surface area contributed by atoms with E-state index in [0.717, 1.165) is 16.8 Å². The van der Waals surface area contributed by atoms with Gasteiger partial charge in [0.25, 0.3) is 11.8 Å². The zero-order valence-corrected chi connectivity index (χ0v) is 22.0. The van der Waals surface area contributed by atoms with Crippen molar-refractivity contribution in [2.45, 2.75) is 13.3 Å². The van der Waals surface area contributed by atoms with E-state index >= 15 is 0 Å². The van der Waals surface area contributed by atoms with Crippen molar-refractivity contribution in [2.24, 2.45) is 0 Å². The van der Waals surface area contributed by atoms with Crippen molar-refractivity contribution in [2.75, 3.05) is 20.3 Å². The number of rotatable bonds is 10. The summed E-state index contributed by atoms with van der Waals surface area (Å²) in [6.45, 7) is 2.86. The lowest BCUT2D eigenvalue weighted by molar-refractivity contribution is -0.117.